The number of nitrogens with one attached hydrogen (secondary N) is 3. The van der Waals surface area contributed by atoms with Crippen LogP contribution in [0, 0.1) is 0 Å². The van der Waals surface area contributed by atoms with E-state index in [1.54, 1.807) is 36.4 Å². The van der Waals surface area contributed by atoms with E-state index in [1.807, 2.05) is 37.3 Å². The molecule has 3 atom stereocenters. The van der Waals surface area contributed by atoms with Gasteiger partial charge < -0.3 is 20.5 Å². The number of ether oxygens (including phenoxy) is 1. The van der Waals surface area contributed by atoms with E-state index in [1.165, 1.54) is 6.07 Å². The number of sulfone groups is 1. The van der Waals surface area contributed by atoms with Gasteiger partial charge in [0.25, 0.3) is 5.91 Å². The van der Waals surface area contributed by atoms with Crippen molar-refractivity contribution in [2.24, 2.45) is 0 Å². The van der Waals surface area contributed by atoms with E-state index in [9.17, 15) is 22.8 Å². The van der Waals surface area contributed by atoms with E-state index in [0.717, 1.165) is 18.4 Å². The number of amides is 2. The first-order valence-electron chi connectivity index (χ1n) is 14.8. The highest BCUT2D eigenvalue weighted by Crippen LogP contribution is 2.42. The van der Waals surface area contributed by atoms with Crippen LogP contribution in [0.2, 0.25) is 0 Å². The Kier molecular flexibility index (Phi) is 11.4. The van der Waals surface area contributed by atoms with Gasteiger partial charge in [0.05, 0.1) is 21.2 Å². The SMILES string of the molecule is CCCCC1(CC)CS(=O)(=O)c2cc(OCC(=O)N[C@@H](C(=O)NCC(=O)O)c3ccccc3)c(Br)cc2C(c2ccccc2)N1. The van der Waals surface area contributed by atoms with Gasteiger partial charge in [-0.25, -0.2) is 8.42 Å². The third kappa shape index (κ3) is 8.50. The molecular formula is C33H38BrN3O7S. The highest BCUT2D eigenvalue weighted by atomic mass is 79.9. The second-order valence-electron chi connectivity index (χ2n) is 11.1. The summed E-state index contributed by atoms with van der Waals surface area (Å²) >= 11 is 3.52. The number of fused-ring (bicyclic) bond motifs is 1. The summed E-state index contributed by atoms with van der Waals surface area (Å²) in [4.78, 5) is 36.9. The molecule has 2 unspecified atom stereocenters. The lowest BCUT2D eigenvalue weighted by Crippen LogP contribution is -2.50. The summed E-state index contributed by atoms with van der Waals surface area (Å²) in [6, 6.07) is 19.7. The topological polar surface area (TPSA) is 151 Å². The second-order valence-corrected chi connectivity index (χ2v) is 13.9. The van der Waals surface area contributed by atoms with Gasteiger partial charge in [-0.05, 0) is 51.5 Å². The Hall–Kier alpha value is -3.74. The highest BCUT2D eigenvalue weighted by Gasteiger charge is 2.42. The summed E-state index contributed by atoms with van der Waals surface area (Å²) in [5.74, 6) is -2.51. The summed E-state index contributed by atoms with van der Waals surface area (Å²) in [5, 5.41) is 17.6. The quantitative estimate of drug-likeness (QED) is 0.201. The van der Waals surface area contributed by atoms with Gasteiger partial charge >= 0.3 is 5.97 Å². The number of unbranched alkanes of at least 4 members (excludes halogenated alkanes) is 1. The molecule has 0 aliphatic carbocycles. The minimum absolute atomic E-state index is 0.0847. The molecule has 4 rings (SSSR count). The average molecular weight is 701 g/mol. The Morgan fingerprint density at radius 1 is 1.07 bits per heavy atom. The maximum Gasteiger partial charge on any atom is 0.322 e. The largest absolute Gasteiger partial charge is 0.483 e. The Labute approximate surface area is 272 Å². The van der Waals surface area contributed by atoms with Crippen molar-refractivity contribution < 1.29 is 32.6 Å². The first-order valence-corrected chi connectivity index (χ1v) is 17.3. The summed E-state index contributed by atoms with van der Waals surface area (Å²) in [7, 11) is -3.79. The minimum atomic E-state index is -3.79. The first kappa shape index (κ1) is 34.1. The molecule has 1 heterocycles. The molecule has 0 saturated carbocycles. The Balaban J connectivity index is 1.63. The molecule has 2 amide bonds. The molecule has 0 radical (unpaired) electrons. The van der Waals surface area contributed by atoms with E-state index in [2.05, 4.69) is 38.8 Å². The number of benzene rings is 3. The van der Waals surface area contributed by atoms with E-state index < -0.39 is 58.4 Å². The number of hydrogen-bond acceptors (Lipinski definition) is 7. The zero-order chi connectivity index (χ0) is 32.6. The van der Waals surface area contributed by atoms with Crippen LogP contribution in [-0.4, -0.2) is 55.8 Å². The molecule has 0 aromatic heterocycles. The van der Waals surface area contributed by atoms with Crippen LogP contribution in [0.5, 0.6) is 5.75 Å². The molecule has 0 fully saturated rings. The summed E-state index contributed by atoms with van der Waals surface area (Å²) in [6.45, 7) is 2.95. The molecule has 1 aliphatic heterocycles. The lowest BCUT2D eigenvalue weighted by Gasteiger charge is -2.36. The van der Waals surface area contributed by atoms with Crippen LogP contribution in [0.15, 0.2) is 82.2 Å². The third-order valence-electron chi connectivity index (χ3n) is 7.92. The normalized spacial score (nSPS) is 19.4. The third-order valence-corrected chi connectivity index (χ3v) is 10.5. The van der Waals surface area contributed by atoms with Gasteiger partial charge in [-0.3, -0.25) is 19.7 Å². The number of hydrogen-bond donors (Lipinski definition) is 4. The van der Waals surface area contributed by atoms with Crippen LogP contribution in [0.4, 0.5) is 0 Å². The van der Waals surface area contributed by atoms with Crippen LogP contribution in [0.25, 0.3) is 0 Å². The number of aliphatic carboxylic acids is 1. The van der Waals surface area contributed by atoms with E-state index in [0.29, 0.717) is 28.4 Å². The average Bonchev–Trinajstić information content (AvgIpc) is 3.12. The minimum Gasteiger partial charge on any atom is -0.483 e. The van der Waals surface area contributed by atoms with Gasteiger partial charge in [-0.15, -0.1) is 0 Å². The molecular weight excluding hydrogens is 662 g/mol. The van der Waals surface area contributed by atoms with Crippen molar-refractivity contribution in [1.82, 2.24) is 16.0 Å². The van der Waals surface area contributed by atoms with Gasteiger partial charge in [0, 0.05) is 11.6 Å². The zero-order valence-corrected chi connectivity index (χ0v) is 27.6. The van der Waals surface area contributed by atoms with Gasteiger partial charge in [-0.2, -0.15) is 0 Å². The number of carboxylic acid groups (broad SMARTS) is 1. The monoisotopic (exact) mass is 699 g/mol. The van der Waals surface area contributed by atoms with E-state index in [4.69, 9.17) is 9.84 Å². The summed E-state index contributed by atoms with van der Waals surface area (Å²) in [5.41, 5.74) is 1.32. The van der Waals surface area contributed by atoms with Crippen LogP contribution < -0.4 is 20.7 Å². The van der Waals surface area contributed by atoms with Gasteiger partial charge in [0.1, 0.15) is 18.3 Å². The molecule has 10 nitrogen and oxygen atoms in total. The fourth-order valence-electron chi connectivity index (χ4n) is 5.53. The summed E-state index contributed by atoms with van der Waals surface area (Å²) in [6.07, 6.45) is 3.13. The second kappa shape index (κ2) is 15.0. The maximum atomic E-state index is 14.0. The van der Waals surface area contributed by atoms with Crippen LogP contribution in [0.3, 0.4) is 0 Å². The number of rotatable bonds is 13. The molecule has 12 heteroatoms. The van der Waals surface area contributed by atoms with Gasteiger partial charge in [0.15, 0.2) is 16.4 Å². The molecule has 240 valence electrons. The number of carboxylic acids is 1. The van der Waals surface area contributed by atoms with Crippen molar-refractivity contribution in [2.75, 3.05) is 18.9 Å². The predicted octanol–water partition coefficient (Wildman–Crippen LogP) is 4.69. The number of halogens is 1. The fraction of sp³-hybridized carbons (Fsp3) is 0.364. The molecule has 4 N–H and O–H groups in total. The molecule has 0 spiro atoms. The van der Waals surface area contributed by atoms with E-state index in [-0.39, 0.29) is 16.4 Å². The van der Waals surface area contributed by atoms with Crippen LogP contribution in [-0.2, 0) is 24.2 Å². The highest BCUT2D eigenvalue weighted by molar-refractivity contribution is 9.10. The number of carbonyl (C=O) groups is 3. The number of carbonyl (C=O) groups excluding carboxylic acids is 2. The maximum absolute atomic E-state index is 14.0. The summed E-state index contributed by atoms with van der Waals surface area (Å²) < 4.78 is 34.3. The predicted molar refractivity (Wildman–Crippen MR) is 174 cm³/mol. The molecule has 3 aromatic rings. The molecule has 45 heavy (non-hydrogen) atoms. The van der Waals surface area contributed by atoms with E-state index >= 15 is 0 Å². The lowest BCUT2D eigenvalue weighted by molar-refractivity contribution is -0.138. The first-order chi connectivity index (χ1) is 21.5. The Bertz CT molecular complexity index is 1620. The Morgan fingerprint density at radius 2 is 1.73 bits per heavy atom. The lowest BCUT2D eigenvalue weighted by atomic mass is 9.88. The molecule has 0 bridgehead atoms. The fourth-order valence-corrected chi connectivity index (χ4v) is 8.14. The molecule has 3 aromatic carbocycles. The smallest absolute Gasteiger partial charge is 0.322 e. The van der Waals surface area contributed by atoms with Crippen molar-refractivity contribution in [1.29, 1.82) is 0 Å². The van der Waals surface area contributed by atoms with Crippen molar-refractivity contribution in [3.63, 3.8) is 0 Å². The molecule has 1 aliphatic rings. The standard InChI is InChI=1S/C33H38BrN3O7S/c1-3-5-16-33(4-2)21-45(42,43)27-18-26(25(34)17-24(27)30(37-33)22-12-8-6-9-13-22)44-20-28(38)36-31(23-14-10-7-11-15-23)32(41)35-19-29(39)40/h6-15,17-18,30-31,37H,3-5,16,19-21H2,1-2H3,(H,35,41)(H,36,38)(H,39,40)/t30?,31-,33?/m1/s1. The Morgan fingerprint density at radius 3 is 2.36 bits per heavy atom. The van der Waals surface area contributed by atoms with Crippen molar-refractivity contribution in [2.45, 2.75) is 62.0 Å². The van der Waals surface area contributed by atoms with Crippen molar-refractivity contribution >= 4 is 43.6 Å². The van der Waals surface area contributed by atoms with Gasteiger partial charge in [-0.1, -0.05) is 87.4 Å². The van der Waals surface area contributed by atoms with Crippen molar-refractivity contribution in [3.05, 3.63) is 94.0 Å². The van der Waals surface area contributed by atoms with Crippen molar-refractivity contribution in [3.8, 4) is 5.75 Å². The van der Waals surface area contributed by atoms with Crippen LogP contribution >= 0.6 is 15.9 Å². The molecule has 0 saturated heterocycles. The zero-order valence-electron chi connectivity index (χ0n) is 25.2. The van der Waals surface area contributed by atoms with Crippen LogP contribution in [0.1, 0.15) is 68.3 Å². The van der Waals surface area contributed by atoms with Gasteiger partial charge in [0.2, 0.25) is 5.91 Å².